The van der Waals surface area contributed by atoms with Gasteiger partial charge in [0.1, 0.15) is 5.01 Å². The predicted octanol–water partition coefficient (Wildman–Crippen LogP) is 4.31. The van der Waals surface area contributed by atoms with Gasteiger partial charge in [0.15, 0.2) is 0 Å². The van der Waals surface area contributed by atoms with Crippen LogP contribution in [-0.2, 0) is 11.2 Å². The van der Waals surface area contributed by atoms with Crippen molar-refractivity contribution in [2.75, 3.05) is 5.32 Å². The SMILES string of the molecule is Cc1ccc(C)c(NC(=O)Cc2sc(-c3ccncc3)nc2C)c1. The molecule has 3 rings (SSSR count). The first kappa shape index (κ1) is 16.3. The fourth-order valence-corrected chi connectivity index (χ4v) is 3.49. The molecule has 0 radical (unpaired) electrons. The Labute approximate surface area is 145 Å². The number of nitrogens with one attached hydrogen (secondary N) is 1. The lowest BCUT2D eigenvalue weighted by Gasteiger charge is -2.09. The quantitative estimate of drug-likeness (QED) is 0.772. The van der Waals surface area contributed by atoms with Crippen molar-refractivity contribution in [2.24, 2.45) is 0 Å². The van der Waals surface area contributed by atoms with Crippen molar-refractivity contribution in [3.8, 4) is 10.6 Å². The van der Waals surface area contributed by atoms with Crippen molar-refractivity contribution >= 4 is 22.9 Å². The summed E-state index contributed by atoms with van der Waals surface area (Å²) >= 11 is 1.56. The number of aryl methyl sites for hydroxylation is 3. The fraction of sp³-hybridized carbons (Fsp3) is 0.211. The van der Waals surface area contributed by atoms with Crippen LogP contribution in [-0.4, -0.2) is 15.9 Å². The molecule has 1 N–H and O–H groups in total. The van der Waals surface area contributed by atoms with Gasteiger partial charge in [-0.2, -0.15) is 0 Å². The molecule has 0 aliphatic rings. The minimum Gasteiger partial charge on any atom is -0.326 e. The lowest BCUT2D eigenvalue weighted by molar-refractivity contribution is -0.115. The highest BCUT2D eigenvalue weighted by Gasteiger charge is 2.13. The van der Waals surface area contributed by atoms with E-state index >= 15 is 0 Å². The maximum atomic E-state index is 12.4. The molecule has 0 bridgehead atoms. The first-order chi connectivity index (χ1) is 11.5. The molecule has 5 heteroatoms. The molecule has 122 valence electrons. The van der Waals surface area contributed by atoms with Crippen LogP contribution in [0, 0.1) is 20.8 Å². The number of hydrogen-bond donors (Lipinski definition) is 1. The van der Waals surface area contributed by atoms with E-state index in [0.717, 1.165) is 38.0 Å². The molecule has 0 aliphatic carbocycles. The van der Waals surface area contributed by atoms with E-state index in [0.29, 0.717) is 6.42 Å². The Morgan fingerprint density at radius 1 is 1.12 bits per heavy atom. The zero-order valence-corrected chi connectivity index (χ0v) is 14.8. The predicted molar refractivity (Wildman–Crippen MR) is 98.3 cm³/mol. The highest BCUT2D eigenvalue weighted by atomic mass is 32.1. The zero-order chi connectivity index (χ0) is 17.1. The highest BCUT2D eigenvalue weighted by molar-refractivity contribution is 7.15. The van der Waals surface area contributed by atoms with E-state index in [9.17, 15) is 4.79 Å². The third-order valence-corrected chi connectivity index (χ3v) is 5.01. The zero-order valence-electron chi connectivity index (χ0n) is 14.0. The molecule has 0 saturated heterocycles. The van der Waals surface area contributed by atoms with E-state index < -0.39 is 0 Å². The third kappa shape index (κ3) is 3.68. The number of benzene rings is 1. The summed E-state index contributed by atoms with van der Waals surface area (Å²) in [6.07, 6.45) is 3.83. The summed E-state index contributed by atoms with van der Waals surface area (Å²) in [6, 6.07) is 9.91. The van der Waals surface area contributed by atoms with Crippen molar-refractivity contribution in [3.05, 3.63) is 64.4 Å². The van der Waals surface area contributed by atoms with Crippen molar-refractivity contribution in [1.82, 2.24) is 9.97 Å². The molecular weight excluding hydrogens is 318 g/mol. The molecular formula is C19H19N3OS. The molecule has 2 aromatic heterocycles. The molecule has 1 aromatic carbocycles. The molecule has 0 atom stereocenters. The number of amides is 1. The van der Waals surface area contributed by atoms with Gasteiger partial charge in [-0.1, -0.05) is 12.1 Å². The van der Waals surface area contributed by atoms with Crippen LogP contribution in [0.1, 0.15) is 21.7 Å². The first-order valence-electron chi connectivity index (χ1n) is 7.77. The maximum absolute atomic E-state index is 12.4. The number of anilines is 1. The van der Waals surface area contributed by atoms with E-state index in [1.807, 2.05) is 51.1 Å². The number of carbonyl (C=O) groups is 1. The number of carbonyl (C=O) groups excluding carboxylic acids is 1. The van der Waals surface area contributed by atoms with Crippen LogP contribution in [0.2, 0.25) is 0 Å². The smallest absolute Gasteiger partial charge is 0.229 e. The summed E-state index contributed by atoms with van der Waals surface area (Å²) in [5.41, 5.74) is 5.00. The third-order valence-electron chi connectivity index (χ3n) is 3.81. The molecule has 1 amide bonds. The normalized spacial score (nSPS) is 10.6. The Hall–Kier alpha value is -2.53. The van der Waals surface area contributed by atoms with E-state index in [2.05, 4.69) is 15.3 Å². The van der Waals surface area contributed by atoms with Crippen LogP contribution in [0.3, 0.4) is 0 Å². The van der Waals surface area contributed by atoms with Gasteiger partial charge in [-0.25, -0.2) is 4.98 Å². The lowest BCUT2D eigenvalue weighted by atomic mass is 10.1. The Bertz CT molecular complexity index is 872. The topological polar surface area (TPSA) is 54.9 Å². The Balaban J connectivity index is 1.75. The largest absolute Gasteiger partial charge is 0.326 e. The van der Waals surface area contributed by atoms with Crippen LogP contribution < -0.4 is 5.32 Å². The summed E-state index contributed by atoms with van der Waals surface area (Å²) in [6.45, 7) is 5.96. The van der Waals surface area contributed by atoms with E-state index in [-0.39, 0.29) is 5.91 Å². The summed E-state index contributed by atoms with van der Waals surface area (Å²) in [4.78, 5) is 22.0. The van der Waals surface area contributed by atoms with Gasteiger partial charge in [0.25, 0.3) is 0 Å². The minimum absolute atomic E-state index is 0.0169. The average Bonchev–Trinajstić information content (AvgIpc) is 2.92. The van der Waals surface area contributed by atoms with Crippen LogP contribution >= 0.6 is 11.3 Å². The first-order valence-corrected chi connectivity index (χ1v) is 8.58. The summed E-state index contributed by atoms with van der Waals surface area (Å²) in [5, 5.41) is 3.93. The standard InChI is InChI=1S/C19H19N3OS/c1-12-4-5-13(2)16(10-12)22-18(23)11-17-14(3)21-19(24-17)15-6-8-20-9-7-15/h4-10H,11H2,1-3H3,(H,22,23). The van der Waals surface area contributed by atoms with Crippen LogP contribution in [0.5, 0.6) is 0 Å². The molecule has 4 nitrogen and oxygen atoms in total. The second-order valence-electron chi connectivity index (χ2n) is 5.81. The van der Waals surface area contributed by atoms with Gasteiger partial charge in [-0.05, 0) is 50.1 Å². The van der Waals surface area contributed by atoms with Crippen molar-refractivity contribution in [3.63, 3.8) is 0 Å². The molecule has 2 heterocycles. The number of rotatable bonds is 4. The molecule has 0 fully saturated rings. The number of hydrogen-bond acceptors (Lipinski definition) is 4. The molecule has 0 spiro atoms. The van der Waals surface area contributed by atoms with Gasteiger partial charge in [-0.3, -0.25) is 9.78 Å². The number of aromatic nitrogens is 2. The minimum atomic E-state index is -0.0169. The van der Waals surface area contributed by atoms with E-state index in [1.54, 1.807) is 23.7 Å². The monoisotopic (exact) mass is 337 g/mol. The van der Waals surface area contributed by atoms with E-state index in [4.69, 9.17) is 0 Å². The Kier molecular flexibility index (Phi) is 4.71. The summed E-state index contributed by atoms with van der Waals surface area (Å²) < 4.78 is 0. The summed E-state index contributed by atoms with van der Waals surface area (Å²) in [5.74, 6) is -0.0169. The maximum Gasteiger partial charge on any atom is 0.229 e. The summed E-state index contributed by atoms with van der Waals surface area (Å²) in [7, 11) is 0. The van der Waals surface area contributed by atoms with Crippen LogP contribution in [0.4, 0.5) is 5.69 Å². The molecule has 0 aliphatic heterocycles. The molecule has 0 saturated carbocycles. The van der Waals surface area contributed by atoms with Crippen LogP contribution in [0.25, 0.3) is 10.6 Å². The van der Waals surface area contributed by atoms with Gasteiger partial charge < -0.3 is 5.32 Å². The Morgan fingerprint density at radius 2 is 1.88 bits per heavy atom. The van der Waals surface area contributed by atoms with E-state index in [1.165, 1.54) is 0 Å². The van der Waals surface area contributed by atoms with Crippen molar-refractivity contribution in [2.45, 2.75) is 27.2 Å². The van der Waals surface area contributed by atoms with Gasteiger partial charge in [0.05, 0.1) is 12.1 Å². The fourth-order valence-electron chi connectivity index (χ4n) is 2.42. The second-order valence-corrected chi connectivity index (χ2v) is 6.89. The number of nitrogens with zero attached hydrogens (tertiary/aromatic N) is 2. The van der Waals surface area contributed by atoms with Gasteiger partial charge in [0.2, 0.25) is 5.91 Å². The van der Waals surface area contributed by atoms with Crippen molar-refractivity contribution in [1.29, 1.82) is 0 Å². The Morgan fingerprint density at radius 3 is 2.62 bits per heavy atom. The number of pyridine rings is 1. The second kappa shape index (κ2) is 6.93. The van der Waals surface area contributed by atoms with Crippen LogP contribution in [0.15, 0.2) is 42.7 Å². The van der Waals surface area contributed by atoms with Gasteiger partial charge in [-0.15, -0.1) is 11.3 Å². The number of thiazole rings is 1. The van der Waals surface area contributed by atoms with Gasteiger partial charge in [0, 0.05) is 28.5 Å². The molecule has 0 unspecified atom stereocenters. The molecule has 24 heavy (non-hydrogen) atoms. The molecule has 3 aromatic rings. The average molecular weight is 337 g/mol. The van der Waals surface area contributed by atoms with Gasteiger partial charge >= 0.3 is 0 Å². The van der Waals surface area contributed by atoms with Crippen molar-refractivity contribution < 1.29 is 4.79 Å². The highest BCUT2D eigenvalue weighted by Crippen LogP contribution is 2.28. The lowest BCUT2D eigenvalue weighted by Crippen LogP contribution is -2.15.